The van der Waals surface area contributed by atoms with Crippen molar-refractivity contribution in [2.75, 3.05) is 4.90 Å². The molecule has 0 aliphatic heterocycles. The lowest BCUT2D eigenvalue weighted by molar-refractivity contribution is 0.976. The largest absolute Gasteiger partial charge is 0.315 e. The average molecular weight is 673 g/mol. The molecule has 1 aromatic heterocycles. The van der Waals surface area contributed by atoms with Crippen LogP contribution >= 0.6 is 0 Å². The second kappa shape index (κ2) is 14.8. The van der Waals surface area contributed by atoms with E-state index in [9.17, 15) is 0 Å². The maximum absolute atomic E-state index is 4.36. The van der Waals surface area contributed by atoms with Crippen LogP contribution in [0.2, 0.25) is 0 Å². The molecule has 254 valence electrons. The molecule has 0 amide bonds. The van der Waals surface area contributed by atoms with E-state index in [1.807, 2.05) is 24.3 Å². The predicted molar refractivity (Wildman–Crippen MR) is 229 cm³/mol. The number of aromatic nitrogens is 1. The smallest absolute Gasteiger partial charge is 0.0619 e. The Hall–Kier alpha value is -6.38. The van der Waals surface area contributed by atoms with Gasteiger partial charge in [-0.15, -0.1) is 0 Å². The number of hydrogen-bond donors (Lipinski definition) is 0. The van der Waals surface area contributed by atoms with E-state index in [0.717, 1.165) is 51.3 Å². The van der Waals surface area contributed by atoms with Crippen molar-refractivity contribution in [1.29, 1.82) is 0 Å². The van der Waals surface area contributed by atoms with Gasteiger partial charge in [0.05, 0.1) is 16.7 Å². The summed E-state index contributed by atoms with van der Waals surface area (Å²) in [6, 6.07) is 43.8. The van der Waals surface area contributed by atoms with Gasteiger partial charge in [0.1, 0.15) is 0 Å². The molecule has 0 N–H and O–H groups in total. The molecule has 0 saturated carbocycles. The summed E-state index contributed by atoms with van der Waals surface area (Å²) in [4.78, 5) is 2.31. The van der Waals surface area contributed by atoms with E-state index in [2.05, 4.69) is 190 Å². The van der Waals surface area contributed by atoms with E-state index in [0.29, 0.717) is 0 Å². The number of para-hydroxylation sites is 2. The number of hydrogen-bond acceptors (Lipinski definition) is 1. The minimum Gasteiger partial charge on any atom is -0.315 e. The summed E-state index contributed by atoms with van der Waals surface area (Å²) in [6.07, 6.45) is 15.1. The molecule has 1 heterocycles. The highest BCUT2D eigenvalue weighted by molar-refractivity contribution is 6.14. The summed E-state index contributed by atoms with van der Waals surface area (Å²) >= 11 is 0. The molecule has 0 spiro atoms. The highest BCUT2D eigenvalue weighted by atomic mass is 15.2. The maximum Gasteiger partial charge on any atom is 0.0619 e. The first-order chi connectivity index (χ1) is 25.6. The summed E-state index contributed by atoms with van der Waals surface area (Å²) in [5.41, 5.74) is 13.7. The van der Waals surface area contributed by atoms with Gasteiger partial charge in [-0.25, -0.2) is 0 Å². The Labute approximate surface area is 308 Å². The third-order valence-corrected chi connectivity index (χ3v) is 10.1. The van der Waals surface area contributed by atoms with Crippen molar-refractivity contribution in [3.8, 4) is 27.9 Å². The molecule has 0 aliphatic carbocycles. The van der Waals surface area contributed by atoms with Gasteiger partial charge in [-0.1, -0.05) is 160 Å². The maximum atomic E-state index is 4.36. The lowest BCUT2D eigenvalue weighted by Crippen LogP contribution is -2.20. The van der Waals surface area contributed by atoms with Crippen LogP contribution in [0.25, 0.3) is 72.7 Å². The number of anilines is 1. The van der Waals surface area contributed by atoms with Crippen molar-refractivity contribution in [3.63, 3.8) is 0 Å². The number of rotatable bonds is 11. The Morgan fingerprint density at radius 1 is 0.596 bits per heavy atom. The Morgan fingerprint density at radius 3 is 1.63 bits per heavy atom. The topological polar surface area (TPSA) is 8.17 Å². The first-order valence-electron chi connectivity index (χ1n) is 18.0. The van der Waals surface area contributed by atoms with Gasteiger partial charge < -0.3 is 9.47 Å². The van der Waals surface area contributed by atoms with E-state index in [-0.39, 0.29) is 0 Å². The van der Waals surface area contributed by atoms with Gasteiger partial charge in [-0.2, -0.15) is 0 Å². The fraction of sp³-hybridized carbons (Fsp3) is 0.0800. The fourth-order valence-electron chi connectivity index (χ4n) is 7.66. The quantitative estimate of drug-likeness (QED) is 0.124. The number of fused-ring (bicyclic) bond motifs is 4. The molecule has 0 bridgehead atoms. The molecule has 52 heavy (non-hydrogen) atoms. The SMILES string of the molecule is C=C/C=C\C(=C/C)N(/C(=C/C)CC)c1ccc(-c2ccc(-c3c(C=C)c(C=C)c(-n4c5ccccc5c5ccccc54)c4ccccc34)cc2)cc1. The van der Waals surface area contributed by atoms with Crippen LogP contribution in [0.15, 0.2) is 183 Å². The Balaban J connectivity index is 1.34. The van der Waals surface area contributed by atoms with E-state index >= 15 is 0 Å². The third-order valence-electron chi connectivity index (χ3n) is 10.1. The van der Waals surface area contributed by atoms with Gasteiger partial charge in [0.2, 0.25) is 0 Å². The van der Waals surface area contributed by atoms with E-state index < -0.39 is 0 Å². The zero-order valence-electron chi connectivity index (χ0n) is 30.3. The van der Waals surface area contributed by atoms with E-state index in [1.165, 1.54) is 43.8 Å². The van der Waals surface area contributed by atoms with Crippen molar-refractivity contribution in [3.05, 3.63) is 194 Å². The molecule has 7 aromatic rings. The highest BCUT2D eigenvalue weighted by Gasteiger charge is 2.22. The summed E-state index contributed by atoms with van der Waals surface area (Å²) in [5, 5.41) is 4.82. The Bertz CT molecular complexity index is 2500. The highest BCUT2D eigenvalue weighted by Crippen LogP contribution is 2.44. The van der Waals surface area contributed by atoms with Gasteiger partial charge in [0.15, 0.2) is 0 Å². The van der Waals surface area contributed by atoms with Crippen LogP contribution in [0, 0.1) is 0 Å². The molecule has 2 heteroatoms. The molecule has 0 radical (unpaired) electrons. The van der Waals surface area contributed by atoms with Gasteiger partial charge in [-0.05, 0) is 83.8 Å². The van der Waals surface area contributed by atoms with Gasteiger partial charge in [-0.3, -0.25) is 0 Å². The van der Waals surface area contributed by atoms with E-state index in [1.54, 1.807) is 0 Å². The molecular weight excluding hydrogens is 629 g/mol. The predicted octanol–water partition coefficient (Wildman–Crippen LogP) is 14.3. The molecule has 0 aliphatic rings. The summed E-state index contributed by atoms with van der Waals surface area (Å²) in [5.74, 6) is 0. The third kappa shape index (κ3) is 5.83. The zero-order valence-corrected chi connectivity index (χ0v) is 30.3. The van der Waals surface area contributed by atoms with Crippen LogP contribution < -0.4 is 4.90 Å². The fourth-order valence-corrected chi connectivity index (χ4v) is 7.66. The Kier molecular flexibility index (Phi) is 9.73. The number of nitrogens with zero attached hydrogens (tertiary/aromatic N) is 2. The zero-order chi connectivity index (χ0) is 36.2. The summed E-state index contributed by atoms with van der Waals surface area (Å²) < 4.78 is 2.41. The first kappa shape index (κ1) is 34.1. The van der Waals surface area contributed by atoms with Crippen LogP contribution in [0.3, 0.4) is 0 Å². The van der Waals surface area contributed by atoms with Crippen molar-refractivity contribution in [1.82, 2.24) is 4.57 Å². The van der Waals surface area contributed by atoms with Crippen LogP contribution in [-0.4, -0.2) is 4.57 Å². The van der Waals surface area contributed by atoms with Crippen LogP contribution in [0.4, 0.5) is 5.69 Å². The normalized spacial score (nSPS) is 12.2. The standard InChI is InChI=1S/C50H44N2/c1-7-13-20-39(10-4)51(38(8-2)9-3)40-33-31-36(32-34-40)35-27-29-37(30-28-35)49-41(11-5)42(12-6)50(46-24-15-14-23-45(46)49)52-47-25-18-16-21-43(47)44-22-17-19-26-48(44)52/h7-8,10-34H,1,5-6,9H2,2-4H3/b20-13-,38-8+,39-10+. The van der Waals surface area contributed by atoms with E-state index in [4.69, 9.17) is 0 Å². The molecule has 0 unspecified atom stereocenters. The first-order valence-corrected chi connectivity index (χ1v) is 18.0. The van der Waals surface area contributed by atoms with Crippen molar-refractivity contribution in [2.24, 2.45) is 0 Å². The van der Waals surface area contributed by atoms with Crippen molar-refractivity contribution in [2.45, 2.75) is 27.2 Å². The second-order valence-corrected chi connectivity index (χ2v) is 12.8. The lowest BCUT2D eigenvalue weighted by atomic mass is 9.87. The monoisotopic (exact) mass is 672 g/mol. The average Bonchev–Trinajstić information content (AvgIpc) is 3.54. The van der Waals surface area contributed by atoms with Gasteiger partial charge in [0, 0.05) is 38.8 Å². The minimum atomic E-state index is 0.924. The molecule has 2 nitrogen and oxygen atoms in total. The molecule has 0 saturated heterocycles. The number of allylic oxidation sites excluding steroid dienone is 6. The molecule has 0 atom stereocenters. The second-order valence-electron chi connectivity index (χ2n) is 12.8. The minimum absolute atomic E-state index is 0.924. The number of benzene rings is 6. The van der Waals surface area contributed by atoms with Crippen LogP contribution in [0.5, 0.6) is 0 Å². The molecule has 7 rings (SSSR count). The van der Waals surface area contributed by atoms with Crippen molar-refractivity contribution >= 4 is 50.4 Å². The molecule has 0 fully saturated rings. The summed E-state index contributed by atoms with van der Waals surface area (Å²) in [7, 11) is 0. The lowest BCUT2D eigenvalue weighted by Gasteiger charge is -2.28. The molecule has 6 aromatic carbocycles. The van der Waals surface area contributed by atoms with Crippen LogP contribution in [-0.2, 0) is 0 Å². The van der Waals surface area contributed by atoms with Gasteiger partial charge in [0.25, 0.3) is 0 Å². The molecular formula is C50H44N2. The van der Waals surface area contributed by atoms with Crippen molar-refractivity contribution < 1.29 is 0 Å². The van der Waals surface area contributed by atoms with Gasteiger partial charge >= 0.3 is 0 Å². The van der Waals surface area contributed by atoms with Crippen LogP contribution in [0.1, 0.15) is 38.3 Å². The Morgan fingerprint density at radius 2 is 1.12 bits per heavy atom. The summed E-state index contributed by atoms with van der Waals surface area (Å²) in [6.45, 7) is 18.9.